The average molecular weight is 334 g/mol. The Hall–Kier alpha value is -1.81. The highest BCUT2D eigenvalue weighted by atomic mass is 79.9. The molecular weight excluding hydrogens is 318 g/mol. The number of hydrogen-bond donors (Lipinski definition) is 1. The van der Waals surface area contributed by atoms with Crippen molar-refractivity contribution in [3.8, 4) is 0 Å². The molecule has 0 saturated heterocycles. The van der Waals surface area contributed by atoms with E-state index in [4.69, 9.17) is 10.5 Å². The smallest absolute Gasteiger partial charge is 0.338 e. The van der Waals surface area contributed by atoms with Crippen LogP contribution in [0.25, 0.3) is 0 Å². The van der Waals surface area contributed by atoms with Crippen LogP contribution in [0.15, 0.2) is 53.0 Å². The third kappa shape index (κ3) is 4.38. The average Bonchev–Trinajstić information content (AvgIpc) is 2.43. The number of aryl methyl sites for hydroxylation is 1. The molecule has 2 aromatic carbocycles. The fraction of sp³-hybridized carbons (Fsp3) is 0.188. The number of halogens is 1. The Labute approximate surface area is 126 Å². The maximum atomic E-state index is 11.9. The predicted octanol–water partition coefficient (Wildman–Crippen LogP) is 3.82. The summed E-state index contributed by atoms with van der Waals surface area (Å²) < 4.78 is 6.02. The van der Waals surface area contributed by atoms with Crippen LogP contribution in [-0.4, -0.2) is 12.6 Å². The quantitative estimate of drug-likeness (QED) is 0.514. The van der Waals surface area contributed by atoms with Crippen LogP contribution in [0, 0.1) is 0 Å². The molecule has 2 N–H and O–H groups in total. The summed E-state index contributed by atoms with van der Waals surface area (Å²) in [7, 11) is 0. The molecule has 4 heteroatoms. The highest BCUT2D eigenvalue weighted by molar-refractivity contribution is 9.10. The summed E-state index contributed by atoms with van der Waals surface area (Å²) in [6.07, 6.45) is 1.70. The summed E-state index contributed by atoms with van der Waals surface area (Å²) in [4.78, 5) is 11.9. The van der Waals surface area contributed by atoms with Gasteiger partial charge >= 0.3 is 5.97 Å². The van der Waals surface area contributed by atoms with Gasteiger partial charge in [0.05, 0.1) is 12.2 Å². The number of carbonyl (C=O) groups is 1. The molecule has 20 heavy (non-hydrogen) atoms. The molecule has 0 fully saturated rings. The Bertz CT molecular complexity index is 564. The van der Waals surface area contributed by atoms with E-state index in [-0.39, 0.29) is 5.97 Å². The largest absolute Gasteiger partial charge is 0.462 e. The van der Waals surface area contributed by atoms with E-state index in [1.807, 2.05) is 18.2 Å². The summed E-state index contributed by atoms with van der Waals surface area (Å²) in [5.74, 6) is -0.342. The van der Waals surface area contributed by atoms with Crippen molar-refractivity contribution in [3.05, 3.63) is 64.1 Å². The molecule has 0 spiro atoms. The third-order valence-electron chi connectivity index (χ3n) is 2.84. The second kappa shape index (κ2) is 7.10. The number of nitrogens with two attached hydrogens (primary N) is 1. The molecule has 0 radical (unpaired) electrons. The minimum atomic E-state index is -0.342. The molecule has 0 bridgehead atoms. The molecule has 0 aromatic heterocycles. The van der Waals surface area contributed by atoms with Gasteiger partial charge in [0.15, 0.2) is 0 Å². The summed E-state index contributed by atoms with van der Waals surface area (Å²) in [5, 5.41) is 0. The first-order valence-corrected chi connectivity index (χ1v) is 7.21. The molecule has 2 aromatic rings. The van der Waals surface area contributed by atoms with Crippen molar-refractivity contribution in [2.24, 2.45) is 0 Å². The van der Waals surface area contributed by atoms with Crippen molar-refractivity contribution in [1.29, 1.82) is 0 Å². The van der Waals surface area contributed by atoms with Crippen molar-refractivity contribution in [2.75, 3.05) is 12.3 Å². The van der Waals surface area contributed by atoms with Gasteiger partial charge in [-0.15, -0.1) is 0 Å². The van der Waals surface area contributed by atoms with Gasteiger partial charge in [-0.25, -0.2) is 4.79 Å². The molecule has 0 aliphatic heterocycles. The molecule has 0 unspecified atom stereocenters. The first kappa shape index (κ1) is 14.6. The molecule has 3 nitrogen and oxygen atoms in total. The van der Waals surface area contributed by atoms with Crippen LogP contribution in [0.2, 0.25) is 0 Å². The zero-order chi connectivity index (χ0) is 14.4. The molecule has 0 heterocycles. The van der Waals surface area contributed by atoms with Gasteiger partial charge in [0.1, 0.15) is 0 Å². The van der Waals surface area contributed by atoms with Crippen LogP contribution < -0.4 is 5.73 Å². The maximum Gasteiger partial charge on any atom is 0.338 e. The SMILES string of the molecule is Nc1cc(Br)cc(C(=O)OCCCc2ccccc2)c1. The van der Waals surface area contributed by atoms with Gasteiger partial charge in [-0.05, 0) is 36.6 Å². The van der Waals surface area contributed by atoms with Gasteiger partial charge in [0.25, 0.3) is 0 Å². The molecule has 0 aliphatic rings. The third-order valence-corrected chi connectivity index (χ3v) is 3.30. The first-order valence-electron chi connectivity index (χ1n) is 6.42. The zero-order valence-corrected chi connectivity index (χ0v) is 12.6. The van der Waals surface area contributed by atoms with Crippen LogP contribution in [-0.2, 0) is 11.2 Å². The van der Waals surface area contributed by atoms with E-state index in [0.717, 1.165) is 17.3 Å². The van der Waals surface area contributed by atoms with Crippen LogP contribution >= 0.6 is 15.9 Å². The van der Waals surface area contributed by atoms with E-state index in [1.54, 1.807) is 18.2 Å². The highest BCUT2D eigenvalue weighted by Gasteiger charge is 2.08. The zero-order valence-electron chi connectivity index (χ0n) is 11.0. The van der Waals surface area contributed by atoms with Crippen LogP contribution in [0.1, 0.15) is 22.3 Å². The molecule has 0 aliphatic carbocycles. The summed E-state index contributed by atoms with van der Waals surface area (Å²) in [5.41, 5.74) is 7.94. The Morgan fingerprint density at radius 3 is 2.60 bits per heavy atom. The monoisotopic (exact) mass is 333 g/mol. The maximum absolute atomic E-state index is 11.9. The Balaban J connectivity index is 1.80. The minimum Gasteiger partial charge on any atom is -0.462 e. The van der Waals surface area contributed by atoms with Crippen LogP contribution in [0.5, 0.6) is 0 Å². The topological polar surface area (TPSA) is 52.3 Å². The lowest BCUT2D eigenvalue weighted by Crippen LogP contribution is -2.07. The van der Waals surface area contributed by atoms with Gasteiger partial charge in [-0.2, -0.15) is 0 Å². The van der Waals surface area contributed by atoms with Gasteiger partial charge in [0, 0.05) is 10.2 Å². The van der Waals surface area contributed by atoms with Crippen molar-refractivity contribution >= 4 is 27.6 Å². The van der Waals surface area contributed by atoms with Gasteiger partial charge in [0.2, 0.25) is 0 Å². The van der Waals surface area contributed by atoms with E-state index < -0.39 is 0 Å². The number of ether oxygens (including phenoxy) is 1. The Morgan fingerprint density at radius 2 is 1.90 bits per heavy atom. The van der Waals surface area contributed by atoms with E-state index in [0.29, 0.717) is 17.9 Å². The molecule has 2 rings (SSSR count). The van der Waals surface area contributed by atoms with E-state index in [9.17, 15) is 4.79 Å². The highest BCUT2D eigenvalue weighted by Crippen LogP contribution is 2.18. The molecule has 0 amide bonds. The lowest BCUT2D eigenvalue weighted by Gasteiger charge is -2.06. The fourth-order valence-corrected chi connectivity index (χ4v) is 2.41. The van der Waals surface area contributed by atoms with E-state index >= 15 is 0 Å². The number of nitrogen functional groups attached to an aromatic ring is 1. The van der Waals surface area contributed by atoms with Crippen molar-refractivity contribution in [3.63, 3.8) is 0 Å². The standard InChI is InChI=1S/C16H16BrNO2/c17-14-9-13(10-15(18)11-14)16(19)20-8-4-7-12-5-2-1-3-6-12/h1-3,5-6,9-11H,4,7-8,18H2. The molecule has 0 atom stereocenters. The second-order valence-corrected chi connectivity index (χ2v) is 5.41. The van der Waals surface area contributed by atoms with Gasteiger partial charge in [-0.3, -0.25) is 0 Å². The second-order valence-electron chi connectivity index (χ2n) is 4.50. The number of benzene rings is 2. The summed E-state index contributed by atoms with van der Waals surface area (Å²) in [6.45, 7) is 0.403. The predicted molar refractivity (Wildman–Crippen MR) is 83.6 cm³/mol. The first-order chi connectivity index (χ1) is 9.65. The normalized spacial score (nSPS) is 10.2. The fourth-order valence-electron chi connectivity index (χ4n) is 1.90. The van der Waals surface area contributed by atoms with Crippen molar-refractivity contribution in [2.45, 2.75) is 12.8 Å². The lowest BCUT2D eigenvalue weighted by molar-refractivity contribution is 0.0500. The summed E-state index contributed by atoms with van der Waals surface area (Å²) >= 11 is 3.31. The van der Waals surface area contributed by atoms with E-state index in [1.165, 1.54) is 5.56 Å². The number of esters is 1. The summed E-state index contributed by atoms with van der Waals surface area (Å²) in [6, 6.07) is 15.2. The minimum absolute atomic E-state index is 0.342. The van der Waals surface area contributed by atoms with Crippen molar-refractivity contribution < 1.29 is 9.53 Å². The lowest BCUT2D eigenvalue weighted by atomic mass is 10.1. The Kier molecular flexibility index (Phi) is 5.18. The van der Waals surface area contributed by atoms with Crippen molar-refractivity contribution in [1.82, 2.24) is 0 Å². The van der Waals surface area contributed by atoms with Crippen LogP contribution in [0.4, 0.5) is 5.69 Å². The number of carbonyl (C=O) groups excluding carboxylic acids is 1. The van der Waals surface area contributed by atoms with Crippen LogP contribution in [0.3, 0.4) is 0 Å². The van der Waals surface area contributed by atoms with E-state index in [2.05, 4.69) is 28.1 Å². The number of hydrogen-bond acceptors (Lipinski definition) is 3. The Morgan fingerprint density at radius 1 is 1.15 bits per heavy atom. The molecule has 0 saturated carbocycles. The van der Waals surface area contributed by atoms with Gasteiger partial charge < -0.3 is 10.5 Å². The number of rotatable bonds is 5. The van der Waals surface area contributed by atoms with Gasteiger partial charge in [-0.1, -0.05) is 46.3 Å². The number of anilines is 1. The molecular formula is C16H16BrNO2. The molecule has 104 valence electrons.